The third kappa shape index (κ3) is 1.67. The second-order valence-corrected chi connectivity index (χ2v) is 5.96. The van der Waals surface area contributed by atoms with Crippen molar-refractivity contribution in [2.45, 2.75) is 4.87 Å². The van der Waals surface area contributed by atoms with Crippen molar-refractivity contribution >= 4 is 12.6 Å². The van der Waals surface area contributed by atoms with Crippen LogP contribution in [0.5, 0.6) is 0 Å². The molecule has 0 saturated carbocycles. The summed E-state index contributed by atoms with van der Waals surface area (Å²) >= 11 is 4.85. The lowest BCUT2D eigenvalue weighted by molar-refractivity contribution is -0.717. The van der Waals surface area contributed by atoms with Crippen molar-refractivity contribution in [3.63, 3.8) is 0 Å². The molecule has 0 fully saturated rings. The van der Waals surface area contributed by atoms with E-state index in [4.69, 9.17) is 12.6 Å². The SMILES string of the molecule is Fc1cc(F)c2c(c1)[C@](S)([n+]1ccccc1)c1ccccc1-2. The molecule has 0 amide bonds. The normalized spacial score (nSPS) is 18.9. The van der Waals surface area contributed by atoms with Crippen molar-refractivity contribution in [2.75, 3.05) is 0 Å². The molecule has 4 rings (SSSR count). The van der Waals surface area contributed by atoms with E-state index in [1.807, 2.05) is 59.4 Å². The number of hydrogen-bond donors (Lipinski definition) is 1. The zero-order valence-corrected chi connectivity index (χ0v) is 12.4. The Morgan fingerprint density at radius 2 is 1.59 bits per heavy atom. The number of benzene rings is 2. The third-order valence-corrected chi connectivity index (χ3v) is 4.80. The van der Waals surface area contributed by atoms with Crippen LogP contribution in [0.1, 0.15) is 11.1 Å². The number of hydrogen-bond acceptors (Lipinski definition) is 1. The molecular formula is C18H12F2NS+. The first-order valence-electron chi connectivity index (χ1n) is 6.91. The predicted molar refractivity (Wildman–Crippen MR) is 83.6 cm³/mol. The van der Waals surface area contributed by atoms with E-state index in [1.165, 1.54) is 6.07 Å². The van der Waals surface area contributed by atoms with Crippen LogP contribution >= 0.6 is 12.6 Å². The van der Waals surface area contributed by atoms with Gasteiger partial charge in [-0.05, 0) is 11.6 Å². The van der Waals surface area contributed by atoms with E-state index in [1.54, 1.807) is 0 Å². The quantitative estimate of drug-likeness (QED) is 0.513. The summed E-state index contributed by atoms with van der Waals surface area (Å²) in [5.41, 5.74) is 2.53. The Balaban J connectivity index is 2.14. The second kappa shape index (κ2) is 4.65. The van der Waals surface area contributed by atoms with Crippen molar-refractivity contribution in [3.05, 3.63) is 89.8 Å². The van der Waals surface area contributed by atoms with Crippen LogP contribution in [0.15, 0.2) is 67.0 Å². The van der Waals surface area contributed by atoms with Gasteiger partial charge in [0.15, 0.2) is 12.4 Å². The molecule has 4 heteroatoms. The van der Waals surface area contributed by atoms with Crippen molar-refractivity contribution < 1.29 is 13.3 Å². The molecule has 1 aromatic heterocycles. The molecule has 108 valence electrons. The molecule has 0 unspecified atom stereocenters. The average Bonchev–Trinajstić information content (AvgIpc) is 2.79. The molecule has 0 saturated heterocycles. The molecule has 1 nitrogen and oxygen atoms in total. The highest BCUT2D eigenvalue weighted by atomic mass is 32.1. The topological polar surface area (TPSA) is 3.88 Å². The maximum atomic E-state index is 14.4. The van der Waals surface area contributed by atoms with Crippen molar-refractivity contribution in [2.24, 2.45) is 0 Å². The fourth-order valence-electron chi connectivity index (χ4n) is 3.17. The summed E-state index contributed by atoms with van der Waals surface area (Å²) in [6, 6.07) is 15.4. The van der Waals surface area contributed by atoms with E-state index < -0.39 is 16.5 Å². The van der Waals surface area contributed by atoms with Gasteiger partial charge in [-0.2, -0.15) is 4.57 Å². The minimum atomic E-state index is -0.934. The van der Waals surface area contributed by atoms with Crippen LogP contribution in [0, 0.1) is 11.6 Å². The summed E-state index contributed by atoms with van der Waals surface area (Å²) < 4.78 is 30.1. The summed E-state index contributed by atoms with van der Waals surface area (Å²) in [6.45, 7) is 0. The van der Waals surface area contributed by atoms with Crippen molar-refractivity contribution in [1.29, 1.82) is 0 Å². The lowest BCUT2D eigenvalue weighted by Gasteiger charge is -2.20. The highest BCUT2D eigenvalue weighted by molar-refractivity contribution is 7.81. The first kappa shape index (κ1) is 13.5. The minimum Gasteiger partial charge on any atom is -0.207 e. The number of aromatic nitrogens is 1. The monoisotopic (exact) mass is 312 g/mol. The van der Waals surface area contributed by atoms with Gasteiger partial charge in [0.2, 0.25) is 0 Å². The molecule has 22 heavy (non-hydrogen) atoms. The lowest BCUT2D eigenvalue weighted by atomic mass is 10.0. The van der Waals surface area contributed by atoms with Gasteiger partial charge in [0.1, 0.15) is 11.6 Å². The van der Waals surface area contributed by atoms with Crippen LogP contribution in [0.2, 0.25) is 0 Å². The lowest BCUT2D eigenvalue weighted by Crippen LogP contribution is -2.52. The van der Waals surface area contributed by atoms with Crippen LogP contribution < -0.4 is 4.57 Å². The van der Waals surface area contributed by atoms with E-state index in [9.17, 15) is 8.78 Å². The van der Waals surface area contributed by atoms with E-state index >= 15 is 0 Å². The number of nitrogens with zero attached hydrogens (tertiary/aromatic N) is 1. The zero-order valence-electron chi connectivity index (χ0n) is 11.5. The smallest absolute Gasteiger partial charge is 0.207 e. The number of halogens is 2. The van der Waals surface area contributed by atoms with E-state index in [0.29, 0.717) is 11.1 Å². The summed E-state index contributed by atoms with van der Waals surface area (Å²) in [7, 11) is 0. The molecule has 0 radical (unpaired) electrons. The minimum absolute atomic E-state index is 0.420. The molecule has 0 bridgehead atoms. The maximum absolute atomic E-state index is 14.4. The van der Waals surface area contributed by atoms with Crippen LogP contribution in [0.4, 0.5) is 8.78 Å². The van der Waals surface area contributed by atoms with Gasteiger partial charge >= 0.3 is 0 Å². The molecule has 3 aromatic rings. The first-order valence-corrected chi connectivity index (χ1v) is 7.35. The molecule has 0 N–H and O–H groups in total. The second-order valence-electron chi connectivity index (χ2n) is 5.31. The Morgan fingerprint density at radius 3 is 2.36 bits per heavy atom. The van der Waals surface area contributed by atoms with Gasteiger partial charge in [0, 0.05) is 29.3 Å². The van der Waals surface area contributed by atoms with E-state index in [-0.39, 0.29) is 0 Å². The number of thiol groups is 1. The molecule has 1 heterocycles. The Bertz CT molecular complexity index is 880. The Morgan fingerprint density at radius 1 is 0.864 bits per heavy atom. The molecule has 1 aliphatic rings. The van der Waals surface area contributed by atoms with Crippen LogP contribution in [-0.2, 0) is 4.87 Å². The maximum Gasteiger partial charge on any atom is 0.263 e. The molecule has 1 aliphatic carbocycles. The van der Waals surface area contributed by atoms with Gasteiger partial charge in [0.25, 0.3) is 4.87 Å². The summed E-state index contributed by atoms with van der Waals surface area (Å²) in [5.74, 6) is -1.16. The largest absolute Gasteiger partial charge is 0.263 e. The molecule has 0 aliphatic heterocycles. The average molecular weight is 312 g/mol. The Labute approximate surface area is 132 Å². The summed E-state index contributed by atoms with van der Waals surface area (Å²) in [4.78, 5) is -0.934. The number of pyridine rings is 1. The van der Waals surface area contributed by atoms with Gasteiger partial charge < -0.3 is 0 Å². The highest BCUT2D eigenvalue weighted by Crippen LogP contribution is 2.50. The van der Waals surface area contributed by atoms with Crippen LogP contribution in [0.25, 0.3) is 11.1 Å². The van der Waals surface area contributed by atoms with Gasteiger partial charge in [-0.3, -0.25) is 0 Å². The van der Waals surface area contributed by atoms with Gasteiger partial charge in [-0.1, -0.05) is 43.0 Å². The first-order chi connectivity index (χ1) is 10.6. The van der Waals surface area contributed by atoms with E-state index in [2.05, 4.69) is 0 Å². The molecular weight excluding hydrogens is 300 g/mol. The van der Waals surface area contributed by atoms with Crippen LogP contribution in [0.3, 0.4) is 0 Å². The highest BCUT2D eigenvalue weighted by Gasteiger charge is 2.49. The fourth-order valence-corrected chi connectivity index (χ4v) is 3.67. The summed E-state index contributed by atoms with van der Waals surface area (Å²) in [6.07, 6.45) is 3.70. The van der Waals surface area contributed by atoms with Crippen molar-refractivity contribution in [1.82, 2.24) is 0 Å². The Hall–Kier alpha value is -2.20. The predicted octanol–water partition coefficient (Wildman–Crippen LogP) is 3.91. The van der Waals surface area contributed by atoms with Crippen molar-refractivity contribution in [3.8, 4) is 11.1 Å². The van der Waals surface area contributed by atoms with Gasteiger partial charge in [-0.15, -0.1) is 0 Å². The summed E-state index contributed by atoms with van der Waals surface area (Å²) in [5, 5.41) is 0. The molecule has 2 aromatic carbocycles. The third-order valence-electron chi connectivity index (χ3n) is 4.09. The molecule has 0 spiro atoms. The van der Waals surface area contributed by atoms with E-state index in [0.717, 1.165) is 17.2 Å². The fraction of sp³-hybridized carbons (Fsp3) is 0.0556. The number of fused-ring (bicyclic) bond motifs is 3. The van der Waals surface area contributed by atoms with Gasteiger partial charge in [-0.25, -0.2) is 8.78 Å². The standard InChI is InChI=1S/C18H11F2NS/c19-12-10-15-17(16(20)11-12)13-6-2-3-7-14(13)18(15,22)21-8-4-1-5-9-21/h1-11H/p+1/t18-/m0/s1. The number of rotatable bonds is 1. The zero-order chi connectivity index (χ0) is 15.3. The molecule has 1 atom stereocenters. The van der Waals surface area contributed by atoms with Crippen LogP contribution in [-0.4, -0.2) is 0 Å². The Kier molecular flexibility index (Phi) is 2.84. The van der Waals surface area contributed by atoms with Gasteiger partial charge in [0.05, 0.1) is 5.56 Å².